The Morgan fingerprint density at radius 3 is 2.45 bits per heavy atom. The lowest BCUT2D eigenvalue weighted by Gasteiger charge is -2.28. The summed E-state index contributed by atoms with van der Waals surface area (Å²) in [4.78, 5) is 23.5. The maximum absolute atomic E-state index is 13.4. The molecule has 2 aromatic rings. The van der Waals surface area contributed by atoms with Gasteiger partial charge in [0, 0.05) is 5.39 Å². The van der Waals surface area contributed by atoms with E-state index in [1.807, 2.05) is 18.2 Å². The minimum absolute atomic E-state index is 0.101. The van der Waals surface area contributed by atoms with Crippen molar-refractivity contribution in [2.24, 2.45) is 0 Å². The van der Waals surface area contributed by atoms with Gasteiger partial charge in [0.15, 0.2) is 0 Å². The Morgan fingerprint density at radius 2 is 1.81 bits per heavy atom. The number of rotatable bonds is 6. The Balaban J connectivity index is 1.71. The normalized spacial score (nSPS) is 16.9. The number of carbonyl (C=O) groups is 2. The topological polar surface area (TPSA) is 98.8 Å². The summed E-state index contributed by atoms with van der Waals surface area (Å²) in [5.41, 5.74) is -0.169. The average molecular weight is 450 g/mol. The van der Waals surface area contributed by atoms with E-state index >= 15 is 0 Å². The van der Waals surface area contributed by atoms with Crippen LogP contribution >= 0.6 is 0 Å². The van der Waals surface area contributed by atoms with Gasteiger partial charge in [-0.1, -0.05) is 36.4 Å². The molecule has 1 aliphatic rings. The number of benzene rings is 2. The van der Waals surface area contributed by atoms with Crippen LogP contribution in [0.1, 0.15) is 33.3 Å². The Morgan fingerprint density at radius 1 is 1.13 bits per heavy atom. The summed E-state index contributed by atoms with van der Waals surface area (Å²) in [5, 5.41) is 3.46. The second-order valence-electron chi connectivity index (χ2n) is 8.26. The van der Waals surface area contributed by atoms with Crippen molar-refractivity contribution in [3.8, 4) is 0 Å². The van der Waals surface area contributed by atoms with Crippen molar-refractivity contribution >= 4 is 38.8 Å². The van der Waals surface area contributed by atoms with E-state index in [1.54, 1.807) is 39.0 Å². The quantitative estimate of drug-likeness (QED) is 0.674. The Hall–Kier alpha value is -2.78. The fourth-order valence-corrected chi connectivity index (χ4v) is 5.14. The summed E-state index contributed by atoms with van der Waals surface area (Å²) in [7, 11) is -3.86. The van der Waals surface area contributed by atoms with E-state index in [2.05, 4.69) is 5.32 Å². The SMILES string of the molecule is C[C@@H](OC(C)(C)C)[C@H](NC(=O)OCC1=Cc2ccc3ccccc3c2S1(=O)=O)C(=O)F. The number of hydrogen-bond acceptors (Lipinski definition) is 6. The molecule has 0 fully saturated rings. The molecule has 1 amide bonds. The monoisotopic (exact) mass is 449 g/mol. The molecule has 0 bridgehead atoms. The number of carbonyl (C=O) groups excluding carboxylic acids is 2. The van der Waals surface area contributed by atoms with E-state index in [0.29, 0.717) is 10.9 Å². The predicted octanol–water partition coefficient (Wildman–Crippen LogP) is 3.76. The fourth-order valence-electron chi connectivity index (χ4n) is 3.46. The molecule has 0 unspecified atom stereocenters. The molecule has 2 aromatic carbocycles. The molecule has 1 heterocycles. The van der Waals surface area contributed by atoms with Crippen molar-refractivity contribution in [3.63, 3.8) is 0 Å². The first-order valence-electron chi connectivity index (χ1n) is 9.68. The molecule has 0 aromatic heterocycles. The summed E-state index contributed by atoms with van der Waals surface area (Å²) in [6.07, 6.45) is -0.652. The molecule has 3 rings (SSSR count). The zero-order valence-corrected chi connectivity index (χ0v) is 18.5. The lowest BCUT2D eigenvalue weighted by Crippen LogP contribution is -2.49. The van der Waals surface area contributed by atoms with Gasteiger partial charge in [-0.05, 0) is 44.7 Å². The molecule has 9 heteroatoms. The summed E-state index contributed by atoms with van der Waals surface area (Å²) < 4.78 is 49.9. The number of alkyl carbamates (subject to hydrolysis) is 1. The van der Waals surface area contributed by atoms with E-state index < -0.39 is 46.3 Å². The highest BCUT2D eigenvalue weighted by Crippen LogP contribution is 2.38. The summed E-state index contributed by atoms with van der Waals surface area (Å²) in [6, 6.07) is 7.20. The number of hydrogen-bond donors (Lipinski definition) is 1. The number of ether oxygens (including phenoxy) is 2. The van der Waals surface area contributed by atoms with Gasteiger partial charge in [-0.15, -0.1) is 0 Å². The molecular formula is C22H24FNO6S. The van der Waals surface area contributed by atoms with E-state index in [4.69, 9.17) is 9.47 Å². The number of halogens is 1. The Kier molecular flexibility index (Phi) is 6.20. The second kappa shape index (κ2) is 8.39. The number of nitrogens with one attached hydrogen (secondary N) is 1. The van der Waals surface area contributed by atoms with Crippen LogP contribution in [0.25, 0.3) is 16.8 Å². The van der Waals surface area contributed by atoms with Crippen molar-refractivity contribution < 1.29 is 31.9 Å². The van der Waals surface area contributed by atoms with Crippen LogP contribution in [-0.4, -0.2) is 44.9 Å². The highest BCUT2D eigenvalue weighted by molar-refractivity contribution is 7.96. The third-order valence-corrected chi connectivity index (χ3v) is 6.63. The second-order valence-corrected chi connectivity index (χ2v) is 10.2. The lowest BCUT2D eigenvalue weighted by molar-refractivity contribution is -0.139. The fraction of sp³-hybridized carbons (Fsp3) is 0.364. The van der Waals surface area contributed by atoms with Crippen LogP contribution in [0.5, 0.6) is 0 Å². The van der Waals surface area contributed by atoms with Crippen LogP contribution in [0.4, 0.5) is 9.18 Å². The van der Waals surface area contributed by atoms with Gasteiger partial charge in [-0.3, -0.25) is 4.79 Å². The third-order valence-electron chi connectivity index (χ3n) is 4.71. The third kappa shape index (κ3) is 4.94. The maximum atomic E-state index is 13.4. The van der Waals surface area contributed by atoms with Gasteiger partial charge in [-0.2, -0.15) is 4.39 Å². The van der Waals surface area contributed by atoms with Gasteiger partial charge in [0.25, 0.3) is 0 Å². The Labute approximate surface area is 180 Å². The molecule has 0 spiro atoms. The molecule has 1 aliphatic heterocycles. The lowest BCUT2D eigenvalue weighted by atomic mass is 10.1. The standard InChI is InChI=1S/C22H24FNO6S/c1-13(30-22(2,3)4)18(20(23)25)24-21(26)29-12-16-11-15-10-9-14-7-5-6-8-17(14)19(15)31(16,27)28/h5-11,13,18H,12H2,1-4H3,(H,24,26)/t13-,18+/m1/s1. The van der Waals surface area contributed by atoms with Gasteiger partial charge in [0.1, 0.15) is 12.6 Å². The van der Waals surface area contributed by atoms with E-state index in [1.165, 1.54) is 13.0 Å². The molecule has 7 nitrogen and oxygen atoms in total. The van der Waals surface area contributed by atoms with E-state index in [0.717, 1.165) is 5.39 Å². The molecule has 0 aliphatic carbocycles. The smallest absolute Gasteiger partial charge is 0.408 e. The van der Waals surface area contributed by atoms with Gasteiger partial charge < -0.3 is 14.8 Å². The Bertz CT molecular complexity index is 1170. The number of sulfone groups is 1. The minimum Gasteiger partial charge on any atom is -0.444 e. The van der Waals surface area contributed by atoms with Crippen LogP contribution in [-0.2, 0) is 24.1 Å². The molecule has 0 saturated heterocycles. The molecule has 1 N–H and O–H groups in total. The van der Waals surface area contributed by atoms with Crippen molar-refractivity contribution in [1.82, 2.24) is 5.32 Å². The largest absolute Gasteiger partial charge is 0.444 e. The zero-order valence-electron chi connectivity index (χ0n) is 17.6. The maximum Gasteiger partial charge on any atom is 0.408 e. The summed E-state index contributed by atoms with van der Waals surface area (Å²) in [5.74, 6) is 0. The average Bonchev–Trinajstić information content (AvgIpc) is 2.93. The minimum atomic E-state index is -3.86. The molecule has 31 heavy (non-hydrogen) atoms. The summed E-state index contributed by atoms with van der Waals surface area (Å²) in [6.45, 7) is 6.05. The highest BCUT2D eigenvalue weighted by Gasteiger charge is 2.34. The molecular weight excluding hydrogens is 425 g/mol. The number of amides is 1. The van der Waals surface area contributed by atoms with Gasteiger partial charge in [0.2, 0.25) is 9.84 Å². The first-order valence-corrected chi connectivity index (χ1v) is 11.2. The van der Waals surface area contributed by atoms with Gasteiger partial charge in [0.05, 0.1) is 21.5 Å². The molecule has 166 valence electrons. The van der Waals surface area contributed by atoms with Gasteiger partial charge >= 0.3 is 12.1 Å². The van der Waals surface area contributed by atoms with Crippen molar-refractivity contribution in [1.29, 1.82) is 0 Å². The van der Waals surface area contributed by atoms with Crippen LogP contribution in [0.15, 0.2) is 46.2 Å². The molecule has 0 radical (unpaired) electrons. The number of fused-ring (bicyclic) bond motifs is 3. The predicted molar refractivity (Wildman–Crippen MR) is 114 cm³/mol. The van der Waals surface area contributed by atoms with E-state index in [9.17, 15) is 22.4 Å². The van der Waals surface area contributed by atoms with Crippen molar-refractivity contribution in [2.45, 2.75) is 50.3 Å². The van der Waals surface area contributed by atoms with Crippen LogP contribution in [0.3, 0.4) is 0 Å². The first-order chi connectivity index (χ1) is 14.4. The molecule has 0 saturated carbocycles. The summed E-state index contributed by atoms with van der Waals surface area (Å²) >= 11 is 0. The first kappa shape index (κ1) is 22.9. The van der Waals surface area contributed by atoms with Gasteiger partial charge in [-0.25, -0.2) is 13.2 Å². The highest BCUT2D eigenvalue weighted by atomic mass is 32.2. The van der Waals surface area contributed by atoms with Crippen LogP contribution in [0, 0.1) is 0 Å². The van der Waals surface area contributed by atoms with E-state index in [-0.39, 0.29) is 9.80 Å². The zero-order chi connectivity index (χ0) is 23.0. The van der Waals surface area contributed by atoms with Crippen LogP contribution in [0.2, 0.25) is 0 Å². The van der Waals surface area contributed by atoms with Crippen LogP contribution < -0.4 is 5.32 Å². The van der Waals surface area contributed by atoms with Crippen molar-refractivity contribution in [3.05, 3.63) is 46.9 Å². The van der Waals surface area contributed by atoms with Crippen molar-refractivity contribution in [2.75, 3.05) is 6.61 Å². The molecule has 2 atom stereocenters.